The molecule has 3 aromatic rings. The number of fused-ring (bicyclic) bond motifs is 3. The number of aryl methyl sites for hydroxylation is 2. The Morgan fingerprint density at radius 3 is 2.89 bits per heavy atom. The van der Waals surface area contributed by atoms with Crippen molar-refractivity contribution in [1.29, 1.82) is 0 Å². The molecule has 28 heavy (non-hydrogen) atoms. The molecule has 0 spiro atoms. The quantitative estimate of drug-likeness (QED) is 0.618. The van der Waals surface area contributed by atoms with Gasteiger partial charge in [0.15, 0.2) is 0 Å². The summed E-state index contributed by atoms with van der Waals surface area (Å²) in [6, 6.07) is 10.5. The highest BCUT2D eigenvalue weighted by molar-refractivity contribution is 7.98. The van der Waals surface area contributed by atoms with Crippen molar-refractivity contribution in [2.45, 2.75) is 42.8 Å². The lowest BCUT2D eigenvalue weighted by molar-refractivity contribution is 0.208. The number of aliphatic hydroxyl groups excluding tert-OH is 1. The normalized spacial score (nSPS) is 19.3. The van der Waals surface area contributed by atoms with Gasteiger partial charge in [-0.3, -0.25) is 0 Å². The molecule has 5 rings (SSSR count). The van der Waals surface area contributed by atoms with Crippen molar-refractivity contribution in [3.05, 3.63) is 46.6 Å². The number of thioether (sulfide) groups is 1. The lowest BCUT2D eigenvalue weighted by atomic mass is 9.98. The van der Waals surface area contributed by atoms with Crippen molar-refractivity contribution in [3.63, 3.8) is 0 Å². The molecule has 1 aliphatic carbocycles. The van der Waals surface area contributed by atoms with Gasteiger partial charge in [0.1, 0.15) is 16.5 Å². The second-order valence-corrected chi connectivity index (χ2v) is 9.87. The molecule has 0 unspecified atom stereocenters. The minimum Gasteiger partial charge on any atom is -0.396 e. The molecule has 146 valence electrons. The minimum absolute atomic E-state index is 0.267. The predicted octanol–water partition coefficient (Wildman–Crippen LogP) is 4.68. The van der Waals surface area contributed by atoms with Gasteiger partial charge < -0.3 is 10.0 Å². The summed E-state index contributed by atoms with van der Waals surface area (Å²) in [7, 11) is 0. The number of hydrogen-bond acceptors (Lipinski definition) is 6. The van der Waals surface area contributed by atoms with E-state index in [0.717, 1.165) is 54.6 Å². The first-order valence-corrected chi connectivity index (χ1v) is 12.0. The zero-order valence-corrected chi connectivity index (χ0v) is 17.6. The summed E-state index contributed by atoms with van der Waals surface area (Å²) in [5, 5.41) is 11.0. The summed E-state index contributed by atoms with van der Waals surface area (Å²) < 4.78 is 0. The zero-order chi connectivity index (χ0) is 18.9. The highest BCUT2D eigenvalue weighted by atomic mass is 32.2. The summed E-state index contributed by atoms with van der Waals surface area (Å²) in [5.74, 6) is 3.17. The van der Waals surface area contributed by atoms with Crippen LogP contribution in [0.2, 0.25) is 0 Å². The van der Waals surface area contributed by atoms with Crippen molar-refractivity contribution in [2.75, 3.05) is 24.6 Å². The van der Waals surface area contributed by atoms with Gasteiger partial charge in [0, 0.05) is 29.5 Å². The lowest BCUT2D eigenvalue weighted by Gasteiger charge is -2.33. The fourth-order valence-corrected chi connectivity index (χ4v) is 6.43. The second kappa shape index (κ2) is 8.01. The van der Waals surface area contributed by atoms with Gasteiger partial charge >= 0.3 is 0 Å². The van der Waals surface area contributed by atoms with Crippen LogP contribution in [-0.2, 0) is 18.6 Å². The van der Waals surface area contributed by atoms with E-state index in [4.69, 9.17) is 9.97 Å². The van der Waals surface area contributed by atoms with Crippen LogP contribution in [0.4, 0.5) is 5.82 Å². The molecule has 1 atom stereocenters. The highest BCUT2D eigenvalue weighted by Crippen LogP contribution is 2.41. The standard InChI is InChI=1S/C22H25N3OS2/c26-13-15-6-5-11-25(12-15)21-20-17-9-4-10-18(17)28-22(20)24-19(23-21)14-27-16-7-2-1-3-8-16/h1-3,7-8,15,26H,4-6,9-14H2/t15-/m1/s1. The maximum Gasteiger partial charge on any atom is 0.142 e. The van der Waals surface area contributed by atoms with E-state index in [1.165, 1.54) is 33.6 Å². The third kappa shape index (κ3) is 3.53. The Bertz CT molecular complexity index is 973. The molecule has 0 bridgehead atoms. The number of aromatic nitrogens is 2. The Hall–Kier alpha value is -1.63. The molecular weight excluding hydrogens is 386 g/mol. The van der Waals surface area contributed by atoms with E-state index < -0.39 is 0 Å². The fourth-order valence-electron chi connectivity index (χ4n) is 4.38. The molecule has 4 nitrogen and oxygen atoms in total. The van der Waals surface area contributed by atoms with E-state index >= 15 is 0 Å². The number of rotatable bonds is 5. The SMILES string of the molecule is OC[C@@H]1CCCN(c2nc(CSc3ccccc3)nc3sc4c(c23)CCC4)C1. The van der Waals surface area contributed by atoms with Crippen LogP contribution in [0.25, 0.3) is 10.2 Å². The summed E-state index contributed by atoms with van der Waals surface area (Å²) in [4.78, 5) is 16.4. The van der Waals surface area contributed by atoms with Crippen molar-refractivity contribution in [1.82, 2.24) is 9.97 Å². The molecule has 1 saturated heterocycles. The van der Waals surface area contributed by atoms with Crippen LogP contribution in [0, 0.1) is 5.92 Å². The van der Waals surface area contributed by atoms with E-state index in [9.17, 15) is 5.11 Å². The van der Waals surface area contributed by atoms with Gasteiger partial charge in [-0.1, -0.05) is 18.2 Å². The first kappa shape index (κ1) is 18.4. The van der Waals surface area contributed by atoms with Crippen LogP contribution in [-0.4, -0.2) is 34.8 Å². The van der Waals surface area contributed by atoms with Crippen LogP contribution >= 0.6 is 23.1 Å². The Morgan fingerprint density at radius 1 is 1.14 bits per heavy atom. The maximum atomic E-state index is 9.69. The second-order valence-electron chi connectivity index (χ2n) is 7.74. The van der Waals surface area contributed by atoms with Crippen LogP contribution in [0.1, 0.15) is 35.5 Å². The molecule has 1 aliphatic heterocycles. The molecule has 2 aliphatic rings. The van der Waals surface area contributed by atoms with Gasteiger partial charge in [0.25, 0.3) is 0 Å². The average Bonchev–Trinajstić information content (AvgIpc) is 3.33. The van der Waals surface area contributed by atoms with Crippen LogP contribution < -0.4 is 4.90 Å². The largest absolute Gasteiger partial charge is 0.396 e. The van der Waals surface area contributed by atoms with Crippen LogP contribution in [0.15, 0.2) is 35.2 Å². The van der Waals surface area contributed by atoms with Gasteiger partial charge in [-0.05, 0) is 55.7 Å². The Labute approximate surface area is 174 Å². The van der Waals surface area contributed by atoms with Crippen molar-refractivity contribution >= 4 is 39.1 Å². The number of hydrogen-bond donors (Lipinski definition) is 1. The van der Waals surface area contributed by atoms with E-state index in [0.29, 0.717) is 5.92 Å². The monoisotopic (exact) mass is 411 g/mol. The average molecular weight is 412 g/mol. The van der Waals surface area contributed by atoms with Gasteiger partial charge in [0.2, 0.25) is 0 Å². The number of anilines is 1. The van der Waals surface area contributed by atoms with E-state index in [-0.39, 0.29) is 6.61 Å². The zero-order valence-electron chi connectivity index (χ0n) is 15.9. The molecule has 6 heteroatoms. The van der Waals surface area contributed by atoms with Crippen molar-refractivity contribution < 1.29 is 5.11 Å². The summed E-state index contributed by atoms with van der Waals surface area (Å²) in [6.07, 6.45) is 5.82. The summed E-state index contributed by atoms with van der Waals surface area (Å²) >= 11 is 3.66. The molecule has 1 fully saturated rings. The molecular formula is C22H25N3OS2. The molecule has 1 N–H and O–H groups in total. The number of benzene rings is 1. The number of thiophene rings is 1. The molecule has 0 amide bonds. The topological polar surface area (TPSA) is 49.2 Å². The predicted molar refractivity (Wildman–Crippen MR) is 117 cm³/mol. The Kier molecular flexibility index (Phi) is 5.26. The molecule has 0 saturated carbocycles. The van der Waals surface area contributed by atoms with Gasteiger partial charge in [0.05, 0.1) is 11.1 Å². The van der Waals surface area contributed by atoms with Gasteiger partial charge in [-0.2, -0.15) is 0 Å². The van der Waals surface area contributed by atoms with Crippen LogP contribution in [0.5, 0.6) is 0 Å². The molecule has 1 aromatic carbocycles. The summed E-state index contributed by atoms with van der Waals surface area (Å²) in [6.45, 7) is 2.19. The lowest BCUT2D eigenvalue weighted by Crippen LogP contribution is -2.37. The first-order chi connectivity index (χ1) is 13.8. The Morgan fingerprint density at radius 2 is 2.04 bits per heavy atom. The van der Waals surface area contributed by atoms with E-state index in [2.05, 4.69) is 29.2 Å². The highest BCUT2D eigenvalue weighted by Gasteiger charge is 2.27. The fraction of sp³-hybridized carbons (Fsp3) is 0.455. The third-order valence-electron chi connectivity index (χ3n) is 5.78. The number of aliphatic hydroxyl groups is 1. The maximum absolute atomic E-state index is 9.69. The Balaban J connectivity index is 1.52. The van der Waals surface area contributed by atoms with E-state index in [1.54, 1.807) is 11.8 Å². The third-order valence-corrected chi connectivity index (χ3v) is 7.97. The molecule has 0 radical (unpaired) electrons. The molecule has 2 aromatic heterocycles. The van der Waals surface area contributed by atoms with E-state index in [1.807, 2.05) is 17.4 Å². The van der Waals surface area contributed by atoms with Gasteiger partial charge in [-0.15, -0.1) is 23.1 Å². The van der Waals surface area contributed by atoms with Crippen LogP contribution in [0.3, 0.4) is 0 Å². The van der Waals surface area contributed by atoms with Crippen molar-refractivity contribution in [3.8, 4) is 0 Å². The van der Waals surface area contributed by atoms with Gasteiger partial charge in [-0.25, -0.2) is 9.97 Å². The smallest absolute Gasteiger partial charge is 0.142 e. The summed E-state index contributed by atoms with van der Waals surface area (Å²) in [5.41, 5.74) is 1.49. The number of nitrogens with zero attached hydrogens (tertiary/aromatic N) is 3. The molecule has 3 heterocycles. The van der Waals surface area contributed by atoms with Crippen molar-refractivity contribution in [2.24, 2.45) is 5.92 Å². The number of piperidine rings is 1. The minimum atomic E-state index is 0.267. The first-order valence-electron chi connectivity index (χ1n) is 10.2.